The Morgan fingerprint density at radius 1 is 1.15 bits per heavy atom. The number of nitrogens with zero attached hydrogens (tertiary/aromatic N) is 1. The third-order valence-electron chi connectivity index (χ3n) is 5.21. The van der Waals surface area contributed by atoms with Gasteiger partial charge >= 0.3 is 0 Å². The van der Waals surface area contributed by atoms with Crippen molar-refractivity contribution in [1.82, 2.24) is 10.6 Å². The van der Waals surface area contributed by atoms with Crippen molar-refractivity contribution in [2.75, 3.05) is 40.6 Å². The highest BCUT2D eigenvalue weighted by Gasteiger charge is 2.35. The topological polar surface area (TPSA) is 64.1 Å². The molecule has 0 unspecified atom stereocenters. The Morgan fingerprint density at radius 3 is 2.65 bits per heavy atom. The monoisotopic (exact) mass is 475 g/mol. The highest BCUT2D eigenvalue weighted by Crippen LogP contribution is 2.43. The SMILES string of the molecule is CN=C(NCCOC)NCC1(c2ccc3c(c2)OCO3)CCCCC1.I. The maximum atomic E-state index is 5.59. The van der Waals surface area contributed by atoms with Gasteiger partial charge < -0.3 is 24.8 Å². The Morgan fingerprint density at radius 2 is 1.92 bits per heavy atom. The summed E-state index contributed by atoms with van der Waals surface area (Å²) in [5, 5.41) is 6.81. The average Bonchev–Trinajstić information content (AvgIpc) is 3.13. The number of nitrogens with one attached hydrogen (secondary N) is 2. The molecule has 0 aromatic heterocycles. The molecule has 146 valence electrons. The second-order valence-corrected chi connectivity index (χ2v) is 6.75. The molecule has 1 aliphatic carbocycles. The summed E-state index contributed by atoms with van der Waals surface area (Å²) < 4.78 is 16.2. The van der Waals surface area contributed by atoms with Crippen LogP contribution in [0.15, 0.2) is 23.2 Å². The first-order valence-electron chi connectivity index (χ1n) is 9.11. The van der Waals surface area contributed by atoms with E-state index in [1.165, 1.54) is 37.7 Å². The molecular formula is C19H30IN3O3. The van der Waals surface area contributed by atoms with Gasteiger partial charge in [0.05, 0.1) is 6.61 Å². The molecule has 1 aliphatic heterocycles. The number of benzene rings is 1. The number of methoxy groups -OCH3 is 1. The van der Waals surface area contributed by atoms with Crippen LogP contribution in [0.5, 0.6) is 11.5 Å². The fourth-order valence-corrected chi connectivity index (χ4v) is 3.77. The summed E-state index contributed by atoms with van der Waals surface area (Å²) >= 11 is 0. The largest absolute Gasteiger partial charge is 0.454 e. The Kier molecular flexibility index (Phi) is 8.27. The molecule has 1 aromatic rings. The smallest absolute Gasteiger partial charge is 0.231 e. The molecule has 0 bridgehead atoms. The lowest BCUT2D eigenvalue weighted by Gasteiger charge is -2.38. The Balaban J connectivity index is 0.00000243. The van der Waals surface area contributed by atoms with Crippen molar-refractivity contribution in [1.29, 1.82) is 0 Å². The first kappa shape index (κ1) is 21.1. The fourth-order valence-electron chi connectivity index (χ4n) is 3.77. The van der Waals surface area contributed by atoms with Crippen molar-refractivity contribution >= 4 is 29.9 Å². The molecule has 0 saturated heterocycles. The van der Waals surface area contributed by atoms with E-state index in [4.69, 9.17) is 14.2 Å². The molecule has 2 N–H and O–H groups in total. The number of hydrogen-bond acceptors (Lipinski definition) is 4. The molecule has 1 saturated carbocycles. The molecule has 0 atom stereocenters. The number of fused-ring (bicyclic) bond motifs is 1. The Bertz CT molecular complexity index is 604. The summed E-state index contributed by atoms with van der Waals surface area (Å²) in [5.41, 5.74) is 1.44. The summed E-state index contributed by atoms with van der Waals surface area (Å²) in [7, 11) is 3.50. The standard InChI is InChI=1S/C19H29N3O3.HI/c1-20-18(21-10-11-23-2)22-13-19(8-4-3-5-9-19)15-6-7-16-17(12-15)25-14-24-16;/h6-7,12H,3-5,8-11,13-14H2,1-2H3,(H2,20,21,22);1H. The minimum absolute atomic E-state index is 0. The van der Waals surface area contributed by atoms with Crippen LogP contribution in [-0.2, 0) is 10.2 Å². The van der Waals surface area contributed by atoms with Crippen molar-refractivity contribution in [2.24, 2.45) is 4.99 Å². The van der Waals surface area contributed by atoms with Crippen molar-refractivity contribution in [3.8, 4) is 11.5 Å². The molecule has 7 heteroatoms. The van der Waals surface area contributed by atoms with Gasteiger partial charge in [0.1, 0.15) is 0 Å². The van der Waals surface area contributed by atoms with E-state index in [1.807, 2.05) is 6.07 Å². The minimum atomic E-state index is 0. The Hall–Kier alpha value is -1.22. The number of guanidine groups is 1. The molecular weight excluding hydrogens is 445 g/mol. The molecule has 0 radical (unpaired) electrons. The minimum Gasteiger partial charge on any atom is -0.454 e. The van der Waals surface area contributed by atoms with E-state index in [-0.39, 0.29) is 29.4 Å². The van der Waals surface area contributed by atoms with E-state index >= 15 is 0 Å². The zero-order valence-corrected chi connectivity index (χ0v) is 18.0. The molecule has 3 rings (SSSR count). The van der Waals surface area contributed by atoms with Crippen LogP contribution in [0.3, 0.4) is 0 Å². The zero-order chi connectivity index (χ0) is 17.5. The molecule has 0 spiro atoms. The van der Waals surface area contributed by atoms with Gasteiger partial charge in [0.2, 0.25) is 6.79 Å². The fraction of sp³-hybridized carbons (Fsp3) is 0.632. The van der Waals surface area contributed by atoms with Gasteiger partial charge in [0, 0.05) is 32.7 Å². The highest BCUT2D eigenvalue weighted by molar-refractivity contribution is 14.0. The van der Waals surface area contributed by atoms with Crippen LogP contribution in [0.2, 0.25) is 0 Å². The maximum absolute atomic E-state index is 5.59. The lowest BCUT2D eigenvalue weighted by Crippen LogP contribution is -2.47. The quantitative estimate of drug-likeness (QED) is 0.287. The third kappa shape index (κ3) is 4.94. The van der Waals surface area contributed by atoms with Gasteiger partial charge in [-0.3, -0.25) is 4.99 Å². The van der Waals surface area contributed by atoms with E-state index in [0.29, 0.717) is 13.4 Å². The first-order chi connectivity index (χ1) is 12.3. The number of hydrogen-bond donors (Lipinski definition) is 2. The van der Waals surface area contributed by atoms with Crippen molar-refractivity contribution in [3.05, 3.63) is 23.8 Å². The average molecular weight is 475 g/mol. The third-order valence-corrected chi connectivity index (χ3v) is 5.21. The van der Waals surface area contributed by atoms with E-state index in [2.05, 4.69) is 27.8 Å². The van der Waals surface area contributed by atoms with Gasteiger partial charge in [-0.05, 0) is 30.5 Å². The first-order valence-corrected chi connectivity index (χ1v) is 9.11. The van der Waals surface area contributed by atoms with Crippen molar-refractivity contribution < 1.29 is 14.2 Å². The molecule has 1 heterocycles. The number of aliphatic imine (C=N–C) groups is 1. The van der Waals surface area contributed by atoms with E-state index in [1.54, 1.807) is 14.2 Å². The number of ether oxygens (including phenoxy) is 3. The van der Waals surface area contributed by atoms with E-state index in [0.717, 1.165) is 30.5 Å². The predicted molar refractivity (Wildman–Crippen MR) is 114 cm³/mol. The summed E-state index contributed by atoms with van der Waals surface area (Å²) in [6.07, 6.45) is 6.17. The van der Waals surface area contributed by atoms with Gasteiger partial charge in [-0.2, -0.15) is 0 Å². The Labute approximate surface area is 173 Å². The normalized spacial score (nSPS) is 18.2. The number of halogens is 1. The van der Waals surface area contributed by atoms with Gasteiger partial charge in [0.15, 0.2) is 17.5 Å². The van der Waals surface area contributed by atoms with Gasteiger partial charge in [-0.1, -0.05) is 25.3 Å². The molecule has 6 nitrogen and oxygen atoms in total. The summed E-state index contributed by atoms with van der Waals surface area (Å²) in [5.74, 6) is 2.53. The highest BCUT2D eigenvalue weighted by atomic mass is 127. The number of rotatable bonds is 6. The van der Waals surface area contributed by atoms with Gasteiger partial charge in [-0.25, -0.2) is 0 Å². The van der Waals surface area contributed by atoms with Gasteiger partial charge in [0.25, 0.3) is 0 Å². The summed E-state index contributed by atoms with van der Waals surface area (Å²) in [6, 6.07) is 6.40. The van der Waals surface area contributed by atoms with Crippen LogP contribution in [-0.4, -0.2) is 46.6 Å². The molecule has 26 heavy (non-hydrogen) atoms. The van der Waals surface area contributed by atoms with Crippen LogP contribution in [0, 0.1) is 0 Å². The summed E-state index contributed by atoms with van der Waals surface area (Å²) in [4.78, 5) is 4.32. The second-order valence-electron chi connectivity index (χ2n) is 6.75. The van der Waals surface area contributed by atoms with Gasteiger partial charge in [-0.15, -0.1) is 24.0 Å². The summed E-state index contributed by atoms with van der Waals surface area (Å²) in [6.45, 7) is 2.58. The molecule has 2 aliphatic rings. The van der Waals surface area contributed by atoms with Crippen LogP contribution in [0.4, 0.5) is 0 Å². The van der Waals surface area contributed by atoms with Crippen LogP contribution >= 0.6 is 24.0 Å². The lowest BCUT2D eigenvalue weighted by atomic mass is 9.69. The zero-order valence-electron chi connectivity index (χ0n) is 15.7. The molecule has 1 aromatic carbocycles. The van der Waals surface area contributed by atoms with E-state index < -0.39 is 0 Å². The predicted octanol–water partition coefficient (Wildman–Crippen LogP) is 3.05. The van der Waals surface area contributed by atoms with Crippen LogP contribution in [0.1, 0.15) is 37.7 Å². The van der Waals surface area contributed by atoms with Crippen LogP contribution < -0.4 is 20.1 Å². The molecule has 0 amide bonds. The van der Waals surface area contributed by atoms with Crippen LogP contribution in [0.25, 0.3) is 0 Å². The van der Waals surface area contributed by atoms with Crippen molar-refractivity contribution in [2.45, 2.75) is 37.5 Å². The molecule has 1 fully saturated rings. The lowest BCUT2D eigenvalue weighted by molar-refractivity contribution is 0.174. The maximum Gasteiger partial charge on any atom is 0.231 e. The van der Waals surface area contributed by atoms with E-state index in [9.17, 15) is 0 Å². The second kappa shape index (κ2) is 10.2. The van der Waals surface area contributed by atoms with Crippen molar-refractivity contribution in [3.63, 3.8) is 0 Å².